The van der Waals surface area contributed by atoms with Gasteiger partial charge in [-0.2, -0.15) is 0 Å². The van der Waals surface area contributed by atoms with Gasteiger partial charge in [-0.05, 0) is 55.5 Å². The summed E-state index contributed by atoms with van der Waals surface area (Å²) < 4.78 is 5.41. The number of likely N-dealkylation sites (tertiary alicyclic amines) is 1. The van der Waals surface area contributed by atoms with Gasteiger partial charge in [0.2, 0.25) is 5.91 Å². The van der Waals surface area contributed by atoms with Crippen molar-refractivity contribution in [3.05, 3.63) is 54.2 Å². The van der Waals surface area contributed by atoms with Gasteiger partial charge in [0, 0.05) is 43.9 Å². The highest BCUT2D eigenvalue weighted by Crippen LogP contribution is 2.47. The van der Waals surface area contributed by atoms with E-state index in [1.807, 2.05) is 30.6 Å². The Morgan fingerprint density at radius 3 is 3.12 bits per heavy atom. The third kappa shape index (κ3) is 4.10. The molecule has 1 aliphatic carbocycles. The van der Waals surface area contributed by atoms with Gasteiger partial charge >= 0.3 is 0 Å². The van der Waals surface area contributed by atoms with E-state index in [9.17, 15) is 4.79 Å². The van der Waals surface area contributed by atoms with E-state index in [-0.39, 0.29) is 17.7 Å². The Morgan fingerprint density at radius 2 is 2.32 bits per heavy atom. The van der Waals surface area contributed by atoms with E-state index in [1.54, 1.807) is 6.26 Å². The Hall–Kier alpha value is -2.14. The Balaban J connectivity index is 1.22. The van der Waals surface area contributed by atoms with Gasteiger partial charge in [0.05, 0.1) is 6.26 Å². The molecule has 25 heavy (non-hydrogen) atoms. The molecule has 5 heteroatoms. The van der Waals surface area contributed by atoms with Crippen LogP contribution in [0.15, 0.2) is 47.3 Å². The van der Waals surface area contributed by atoms with Crippen LogP contribution in [0.3, 0.4) is 0 Å². The highest BCUT2D eigenvalue weighted by molar-refractivity contribution is 5.82. The lowest BCUT2D eigenvalue weighted by Crippen LogP contribution is -2.41. The number of nitrogens with zero attached hydrogens (tertiary/aromatic N) is 2. The predicted molar refractivity (Wildman–Crippen MR) is 94.8 cm³/mol. The van der Waals surface area contributed by atoms with Crippen molar-refractivity contribution in [3.63, 3.8) is 0 Å². The zero-order valence-corrected chi connectivity index (χ0v) is 14.4. The summed E-state index contributed by atoms with van der Waals surface area (Å²) in [6.45, 7) is 3.90. The number of piperidine rings is 1. The summed E-state index contributed by atoms with van der Waals surface area (Å²) in [6, 6.07) is 7.97. The molecule has 4 rings (SSSR count). The monoisotopic (exact) mass is 339 g/mol. The molecule has 132 valence electrons. The van der Waals surface area contributed by atoms with Gasteiger partial charge in [0.25, 0.3) is 0 Å². The zero-order valence-electron chi connectivity index (χ0n) is 14.4. The molecular weight excluding hydrogens is 314 g/mol. The summed E-state index contributed by atoms with van der Waals surface area (Å²) >= 11 is 0. The van der Waals surface area contributed by atoms with E-state index < -0.39 is 0 Å². The van der Waals surface area contributed by atoms with Crippen molar-refractivity contribution in [1.82, 2.24) is 15.2 Å². The van der Waals surface area contributed by atoms with Crippen LogP contribution in [-0.4, -0.2) is 35.4 Å². The number of amides is 1. The molecule has 2 aromatic heterocycles. The normalized spacial score (nSPS) is 26.3. The van der Waals surface area contributed by atoms with Gasteiger partial charge in [-0.1, -0.05) is 6.07 Å². The van der Waals surface area contributed by atoms with Crippen LogP contribution in [0.4, 0.5) is 0 Å². The average Bonchev–Trinajstić information content (AvgIpc) is 3.26. The summed E-state index contributed by atoms with van der Waals surface area (Å²) in [4.78, 5) is 19.0. The summed E-state index contributed by atoms with van der Waals surface area (Å²) in [7, 11) is 0. The summed E-state index contributed by atoms with van der Waals surface area (Å²) in [6.07, 6.45) is 8.73. The molecule has 1 amide bonds. The lowest BCUT2D eigenvalue weighted by Gasteiger charge is -2.32. The highest BCUT2D eigenvalue weighted by Gasteiger charge is 2.45. The lowest BCUT2D eigenvalue weighted by molar-refractivity contribution is -0.122. The van der Waals surface area contributed by atoms with Crippen LogP contribution in [0.25, 0.3) is 0 Å². The van der Waals surface area contributed by atoms with E-state index in [1.165, 1.54) is 18.4 Å². The number of rotatable bonds is 6. The minimum Gasteiger partial charge on any atom is -0.469 e. The molecule has 1 N–H and O–H groups in total. The fourth-order valence-corrected chi connectivity index (χ4v) is 3.89. The quantitative estimate of drug-likeness (QED) is 0.879. The number of carbonyl (C=O) groups is 1. The van der Waals surface area contributed by atoms with Gasteiger partial charge < -0.3 is 9.73 Å². The van der Waals surface area contributed by atoms with Crippen LogP contribution in [0, 0.1) is 11.8 Å². The molecule has 2 aromatic rings. The number of furan rings is 1. The molecule has 0 bridgehead atoms. The second-order valence-electron chi connectivity index (χ2n) is 7.31. The van der Waals surface area contributed by atoms with E-state index in [0.29, 0.717) is 5.92 Å². The van der Waals surface area contributed by atoms with Crippen LogP contribution in [0.2, 0.25) is 0 Å². The van der Waals surface area contributed by atoms with Crippen LogP contribution < -0.4 is 5.32 Å². The molecule has 3 heterocycles. The number of carbonyl (C=O) groups excluding carboxylic acids is 1. The Morgan fingerprint density at radius 1 is 1.36 bits per heavy atom. The molecule has 1 saturated carbocycles. The summed E-state index contributed by atoms with van der Waals surface area (Å²) in [5.74, 6) is 2.05. The van der Waals surface area contributed by atoms with Crippen LogP contribution in [-0.2, 0) is 11.3 Å². The van der Waals surface area contributed by atoms with Crippen molar-refractivity contribution in [3.8, 4) is 0 Å². The number of pyridine rings is 1. The van der Waals surface area contributed by atoms with Crippen molar-refractivity contribution >= 4 is 5.91 Å². The number of aromatic nitrogens is 1. The molecule has 0 spiro atoms. The molecular formula is C20H25N3O2. The van der Waals surface area contributed by atoms with E-state index in [0.717, 1.165) is 38.4 Å². The van der Waals surface area contributed by atoms with Gasteiger partial charge in [0.1, 0.15) is 5.76 Å². The van der Waals surface area contributed by atoms with E-state index in [2.05, 4.69) is 21.3 Å². The molecule has 2 fully saturated rings. The largest absolute Gasteiger partial charge is 0.469 e. The third-order valence-electron chi connectivity index (χ3n) is 5.33. The van der Waals surface area contributed by atoms with Crippen molar-refractivity contribution < 1.29 is 9.21 Å². The van der Waals surface area contributed by atoms with Gasteiger partial charge in [-0.25, -0.2) is 0 Å². The minimum absolute atomic E-state index is 0.0984. The fourth-order valence-electron chi connectivity index (χ4n) is 3.89. The first-order valence-electron chi connectivity index (χ1n) is 9.22. The van der Waals surface area contributed by atoms with Crippen molar-refractivity contribution in [1.29, 1.82) is 0 Å². The first-order chi connectivity index (χ1) is 12.3. The highest BCUT2D eigenvalue weighted by atomic mass is 16.3. The summed E-state index contributed by atoms with van der Waals surface area (Å²) in [5, 5.41) is 3.17. The maximum atomic E-state index is 12.4. The van der Waals surface area contributed by atoms with Crippen molar-refractivity contribution in [2.75, 3.05) is 19.6 Å². The smallest absolute Gasteiger partial charge is 0.223 e. The molecule has 2 aliphatic rings. The Bertz CT molecular complexity index is 686. The molecule has 0 radical (unpaired) electrons. The van der Waals surface area contributed by atoms with Gasteiger partial charge in [-0.15, -0.1) is 0 Å². The lowest BCUT2D eigenvalue weighted by atomic mass is 9.97. The first kappa shape index (κ1) is 16.3. The minimum atomic E-state index is 0.0984. The molecule has 0 unspecified atom stereocenters. The van der Waals surface area contributed by atoms with Crippen molar-refractivity contribution in [2.24, 2.45) is 11.8 Å². The molecule has 0 aromatic carbocycles. The molecule has 1 saturated heterocycles. The van der Waals surface area contributed by atoms with E-state index >= 15 is 0 Å². The maximum absolute atomic E-state index is 12.4. The van der Waals surface area contributed by atoms with Crippen molar-refractivity contribution in [2.45, 2.75) is 31.7 Å². The first-order valence-corrected chi connectivity index (χ1v) is 9.22. The zero-order chi connectivity index (χ0) is 17.1. The number of hydrogen-bond acceptors (Lipinski definition) is 4. The van der Waals surface area contributed by atoms with Gasteiger partial charge in [0.15, 0.2) is 0 Å². The predicted octanol–water partition coefficient (Wildman–Crippen LogP) is 2.81. The topological polar surface area (TPSA) is 58.4 Å². The second-order valence-corrected chi connectivity index (χ2v) is 7.31. The molecule has 1 aliphatic heterocycles. The van der Waals surface area contributed by atoms with Crippen LogP contribution in [0.1, 0.15) is 36.5 Å². The van der Waals surface area contributed by atoms with E-state index in [4.69, 9.17) is 4.42 Å². The standard InChI is InChI=1S/C20H25N3O2/c24-20(18-10-17(18)19-6-3-9-25-19)22-12-16-5-2-8-23(14-16)13-15-4-1-7-21-11-15/h1,3-4,6-7,9,11,16-18H,2,5,8,10,12-14H2,(H,22,24)/t16-,17+,18-/m0/s1. The Labute approximate surface area is 148 Å². The van der Waals surface area contributed by atoms with Crippen LogP contribution in [0.5, 0.6) is 0 Å². The molecule has 5 nitrogen and oxygen atoms in total. The Kier molecular flexibility index (Phi) is 4.83. The second kappa shape index (κ2) is 7.40. The maximum Gasteiger partial charge on any atom is 0.223 e. The SMILES string of the molecule is O=C(NC[C@@H]1CCCN(Cc2cccnc2)C1)[C@H]1C[C@H]1c1ccco1. The average molecular weight is 339 g/mol. The summed E-state index contributed by atoms with van der Waals surface area (Å²) in [5.41, 5.74) is 1.26. The fraction of sp³-hybridized carbons (Fsp3) is 0.500. The molecule has 3 atom stereocenters. The van der Waals surface area contributed by atoms with Crippen LogP contribution >= 0.6 is 0 Å². The number of hydrogen-bond donors (Lipinski definition) is 1. The van der Waals surface area contributed by atoms with Gasteiger partial charge in [-0.3, -0.25) is 14.7 Å². The number of nitrogens with one attached hydrogen (secondary N) is 1. The third-order valence-corrected chi connectivity index (χ3v) is 5.33.